The van der Waals surface area contributed by atoms with E-state index in [2.05, 4.69) is 0 Å². The fourth-order valence-electron chi connectivity index (χ4n) is 8.15. The molecule has 54 heavy (non-hydrogen) atoms. The maximum Gasteiger partial charge on any atom is 0.302 e. The monoisotopic (exact) mass is 740 g/mol. The minimum Gasteiger partial charge on any atom is -0.460 e. The van der Waals surface area contributed by atoms with Crippen LogP contribution in [-0.4, -0.2) is 105 Å². The number of rotatable bonds is 4. The van der Waals surface area contributed by atoms with E-state index in [4.69, 9.17) is 38.9 Å². The van der Waals surface area contributed by atoms with Gasteiger partial charge in [-0.3, -0.25) is 19.2 Å². The molecule has 0 aliphatic carbocycles. The number of aliphatic hydroxyl groups excluding tert-OH is 2. The molecule has 0 radical (unpaired) electrons. The molecule has 0 spiro atoms. The third-order valence-corrected chi connectivity index (χ3v) is 11.3. The Labute approximate surface area is 312 Å². The first kappa shape index (κ1) is 37.6. The van der Waals surface area contributed by atoms with Crippen molar-refractivity contribution in [1.82, 2.24) is 0 Å². The van der Waals surface area contributed by atoms with Crippen LogP contribution in [0, 0.1) is 10.8 Å². The number of ketones is 2. The average Bonchev–Trinajstić information content (AvgIpc) is 3.76. The van der Waals surface area contributed by atoms with Gasteiger partial charge in [0, 0.05) is 26.7 Å². The molecular weight excluding hydrogens is 696 g/mol. The lowest BCUT2D eigenvalue weighted by atomic mass is 9.72. The van der Waals surface area contributed by atoms with Gasteiger partial charge in [0.2, 0.25) is 0 Å². The summed E-state index contributed by atoms with van der Waals surface area (Å²) < 4.78 is 23.8. The summed E-state index contributed by atoms with van der Waals surface area (Å²) in [5, 5.41) is 21.3. The quantitative estimate of drug-likeness (QED) is 0.404. The zero-order valence-electron chi connectivity index (χ0n) is 31.4. The SMILES string of the molecule is CC(=O)O[C@H]1C[C@@H](O)[C@@H](C)O[C@@H]1[C@@]1(C)C(=O)C2=NC1=CC1=NC(=CC3=NC(=CC4=NC(=C2)C(C)=C4)[C@](C)([C@H]2O[C@H](C)[C@H](O)C[C@@H]2OC(C)=O)C3=O)C=C1C. The van der Waals surface area contributed by atoms with Crippen LogP contribution < -0.4 is 0 Å². The van der Waals surface area contributed by atoms with Crippen molar-refractivity contribution in [2.75, 3.05) is 0 Å². The van der Waals surface area contributed by atoms with E-state index >= 15 is 0 Å². The van der Waals surface area contributed by atoms with E-state index < -0.39 is 71.6 Å². The van der Waals surface area contributed by atoms with E-state index in [-0.39, 0.29) is 35.8 Å². The molecule has 0 aromatic carbocycles. The fraction of sp³-hybridized carbons (Fsp3) is 0.500. The van der Waals surface area contributed by atoms with Crippen molar-refractivity contribution < 1.29 is 48.3 Å². The number of ether oxygens (including phenoxy) is 4. The lowest BCUT2D eigenvalue weighted by molar-refractivity contribution is -0.206. The second-order valence-corrected chi connectivity index (χ2v) is 15.3. The summed E-state index contributed by atoms with van der Waals surface area (Å²) in [6, 6.07) is 0. The van der Waals surface area contributed by atoms with Gasteiger partial charge in [0.25, 0.3) is 0 Å². The van der Waals surface area contributed by atoms with E-state index in [0.29, 0.717) is 39.8 Å². The summed E-state index contributed by atoms with van der Waals surface area (Å²) in [6.45, 7) is 13.0. The van der Waals surface area contributed by atoms with Crippen LogP contribution in [0.1, 0.15) is 68.2 Å². The van der Waals surface area contributed by atoms with E-state index in [9.17, 15) is 29.4 Å². The summed E-state index contributed by atoms with van der Waals surface area (Å²) in [7, 11) is 0. The molecule has 7 aliphatic rings. The van der Waals surface area contributed by atoms with Crippen molar-refractivity contribution >= 4 is 46.4 Å². The van der Waals surface area contributed by atoms with Crippen molar-refractivity contribution in [2.45, 2.75) is 117 Å². The van der Waals surface area contributed by atoms with E-state index in [1.807, 2.05) is 13.8 Å². The summed E-state index contributed by atoms with van der Waals surface area (Å²) >= 11 is 0. The molecule has 8 bridgehead atoms. The van der Waals surface area contributed by atoms with Gasteiger partial charge in [0.05, 0.1) is 58.6 Å². The van der Waals surface area contributed by atoms with Crippen LogP contribution in [0.3, 0.4) is 0 Å². The number of nitrogens with zero attached hydrogens (tertiary/aromatic N) is 4. The minimum atomic E-state index is -1.46. The lowest BCUT2D eigenvalue weighted by Gasteiger charge is -2.44. The number of hydrogen-bond acceptors (Lipinski definition) is 14. The number of hydrogen-bond donors (Lipinski definition) is 2. The Kier molecular flexibility index (Phi) is 9.40. The van der Waals surface area contributed by atoms with Gasteiger partial charge in [-0.25, -0.2) is 20.0 Å². The van der Waals surface area contributed by atoms with Gasteiger partial charge in [0.1, 0.15) is 46.7 Å². The maximum absolute atomic E-state index is 14.6. The van der Waals surface area contributed by atoms with Gasteiger partial charge in [-0.05, 0) is 89.1 Å². The van der Waals surface area contributed by atoms with Gasteiger partial charge in [-0.15, -0.1) is 0 Å². The molecule has 284 valence electrons. The Balaban J connectivity index is 1.38. The summed E-state index contributed by atoms with van der Waals surface area (Å²) in [6.07, 6.45) is 3.21. The molecule has 0 aromatic rings. The second-order valence-electron chi connectivity index (χ2n) is 15.3. The lowest BCUT2D eigenvalue weighted by Crippen LogP contribution is -2.57. The summed E-state index contributed by atoms with van der Waals surface area (Å²) in [4.78, 5) is 72.9. The number of carbonyl (C=O) groups excluding carboxylic acids is 4. The van der Waals surface area contributed by atoms with Gasteiger partial charge in [0.15, 0.2) is 11.6 Å². The standard InChI is InChI=1S/C40H44N4O10/c1-17-10-24-12-33-39(7,37-31(53-21(5)45)15-29(47)19(3)51-37)35(49)27(43-33)11-23-9-18(2)26(41-23)14-34-40(8,36(50)28(44-34)13-25(17)42-24)38-32(54-22(6)46)16-30(48)20(4)52-38/h9-14,19-20,29-32,37-38,47-48H,15-16H2,1-8H3/t19-,20-,29-,30-,31+,32+,37+,38+,39+,40-/m1/s1. The first-order valence-electron chi connectivity index (χ1n) is 18.1. The number of carbonyl (C=O) groups is 4. The predicted molar refractivity (Wildman–Crippen MR) is 197 cm³/mol. The number of esters is 2. The Morgan fingerprint density at radius 2 is 1.19 bits per heavy atom. The van der Waals surface area contributed by atoms with Crippen molar-refractivity contribution in [3.8, 4) is 0 Å². The largest absolute Gasteiger partial charge is 0.460 e. The number of aliphatic imine (C=N–C) groups is 4. The Bertz CT molecular complexity index is 2080. The molecular formula is C40H44N4O10. The highest BCUT2D eigenvalue weighted by Crippen LogP contribution is 2.48. The summed E-state index contributed by atoms with van der Waals surface area (Å²) in [5.74, 6) is -1.92. The minimum absolute atomic E-state index is 0.0665. The van der Waals surface area contributed by atoms with Gasteiger partial charge < -0.3 is 29.2 Å². The highest BCUT2D eigenvalue weighted by atomic mass is 16.6. The first-order valence-corrected chi connectivity index (χ1v) is 18.1. The Morgan fingerprint density at radius 3 is 1.70 bits per heavy atom. The molecule has 7 heterocycles. The van der Waals surface area contributed by atoms with Crippen LogP contribution in [0.4, 0.5) is 0 Å². The number of Topliss-reactive ketones (excluding diaryl/α,β-unsaturated/α-hetero) is 2. The number of fused-ring (bicyclic) bond motifs is 4. The molecule has 2 N–H and O–H groups in total. The number of aliphatic hydroxyl groups is 2. The van der Waals surface area contributed by atoms with Crippen molar-refractivity contribution in [3.05, 3.63) is 70.4 Å². The summed E-state index contributed by atoms with van der Waals surface area (Å²) in [5.41, 5.74) is 1.14. The predicted octanol–water partition coefficient (Wildman–Crippen LogP) is 3.34. The molecule has 2 fully saturated rings. The van der Waals surface area contributed by atoms with Crippen LogP contribution in [-0.2, 0) is 38.1 Å². The zero-order chi connectivity index (χ0) is 39.0. The molecule has 10 atom stereocenters. The molecule has 7 rings (SSSR count). The fourth-order valence-corrected chi connectivity index (χ4v) is 8.15. The topological polar surface area (TPSA) is 195 Å². The molecule has 14 nitrogen and oxygen atoms in total. The zero-order valence-corrected chi connectivity index (χ0v) is 31.4. The van der Waals surface area contributed by atoms with Crippen LogP contribution in [0.25, 0.3) is 0 Å². The highest BCUT2D eigenvalue weighted by Gasteiger charge is 2.59. The molecule has 0 unspecified atom stereocenters. The van der Waals surface area contributed by atoms with Crippen LogP contribution in [0.2, 0.25) is 0 Å². The van der Waals surface area contributed by atoms with Gasteiger partial charge >= 0.3 is 11.9 Å². The molecule has 7 aliphatic heterocycles. The van der Waals surface area contributed by atoms with Crippen molar-refractivity contribution in [3.63, 3.8) is 0 Å². The van der Waals surface area contributed by atoms with Crippen LogP contribution >= 0.6 is 0 Å². The van der Waals surface area contributed by atoms with E-state index in [1.54, 1.807) is 64.2 Å². The Morgan fingerprint density at radius 1 is 0.685 bits per heavy atom. The van der Waals surface area contributed by atoms with Gasteiger partial charge in [-0.1, -0.05) is 0 Å². The van der Waals surface area contributed by atoms with Crippen molar-refractivity contribution in [2.24, 2.45) is 30.8 Å². The molecule has 0 amide bonds. The average molecular weight is 741 g/mol. The van der Waals surface area contributed by atoms with Gasteiger partial charge in [-0.2, -0.15) is 0 Å². The third-order valence-electron chi connectivity index (χ3n) is 11.3. The van der Waals surface area contributed by atoms with E-state index in [1.165, 1.54) is 13.8 Å². The smallest absolute Gasteiger partial charge is 0.302 e. The normalized spacial score (nSPS) is 37.5. The highest BCUT2D eigenvalue weighted by molar-refractivity contribution is 6.50. The molecule has 2 saturated heterocycles. The molecule has 0 aromatic heterocycles. The maximum atomic E-state index is 14.6. The third kappa shape index (κ3) is 6.24. The van der Waals surface area contributed by atoms with Crippen molar-refractivity contribution in [1.29, 1.82) is 0 Å². The van der Waals surface area contributed by atoms with Crippen LogP contribution in [0.5, 0.6) is 0 Å². The Hall–Kier alpha value is -4.76. The molecule has 14 heteroatoms. The first-order chi connectivity index (χ1) is 25.4. The molecule has 0 saturated carbocycles. The number of allylic oxidation sites excluding steroid dienone is 8. The second kappa shape index (κ2) is 13.5. The van der Waals surface area contributed by atoms with Crippen LogP contribution in [0.15, 0.2) is 90.4 Å². The van der Waals surface area contributed by atoms with E-state index in [0.717, 1.165) is 5.57 Å².